The van der Waals surface area contributed by atoms with Crippen LogP contribution >= 0.6 is 0 Å². The normalized spacial score (nSPS) is 17.9. The SMILES string of the molecule is Cc1ccccc1Cc1cccc([C@H]2CN(Cc3cnn(C)c3)CCO2)n1. The van der Waals surface area contributed by atoms with Gasteiger partial charge in [-0.3, -0.25) is 14.6 Å². The second-order valence-electron chi connectivity index (χ2n) is 7.27. The first-order valence-electron chi connectivity index (χ1n) is 9.49. The van der Waals surface area contributed by atoms with Crippen LogP contribution in [0.2, 0.25) is 0 Å². The zero-order chi connectivity index (χ0) is 18.6. The summed E-state index contributed by atoms with van der Waals surface area (Å²) < 4.78 is 7.89. The van der Waals surface area contributed by atoms with Crippen molar-refractivity contribution in [2.45, 2.75) is 26.0 Å². The molecule has 27 heavy (non-hydrogen) atoms. The monoisotopic (exact) mass is 362 g/mol. The summed E-state index contributed by atoms with van der Waals surface area (Å²) >= 11 is 0. The topological polar surface area (TPSA) is 43.2 Å². The van der Waals surface area contributed by atoms with Gasteiger partial charge >= 0.3 is 0 Å². The molecule has 0 radical (unpaired) electrons. The van der Waals surface area contributed by atoms with Gasteiger partial charge in [0.15, 0.2) is 0 Å². The molecule has 0 N–H and O–H groups in total. The Hall–Kier alpha value is -2.50. The Bertz CT molecular complexity index is 905. The molecule has 4 rings (SSSR count). The zero-order valence-corrected chi connectivity index (χ0v) is 16.0. The lowest BCUT2D eigenvalue weighted by Crippen LogP contribution is -2.38. The smallest absolute Gasteiger partial charge is 0.112 e. The lowest BCUT2D eigenvalue weighted by atomic mass is 10.0. The lowest BCUT2D eigenvalue weighted by Gasteiger charge is -2.32. The molecule has 1 atom stereocenters. The van der Waals surface area contributed by atoms with E-state index in [1.165, 1.54) is 16.7 Å². The van der Waals surface area contributed by atoms with Crippen LogP contribution in [-0.2, 0) is 24.8 Å². The largest absolute Gasteiger partial charge is 0.369 e. The van der Waals surface area contributed by atoms with E-state index in [1.807, 2.05) is 17.9 Å². The number of hydrogen-bond donors (Lipinski definition) is 0. The van der Waals surface area contributed by atoms with Crippen LogP contribution < -0.4 is 0 Å². The van der Waals surface area contributed by atoms with Crippen molar-refractivity contribution in [2.24, 2.45) is 7.05 Å². The van der Waals surface area contributed by atoms with E-state index >= 15 is 0 Å². The maximum absolute atomic E-state index is 6.04. The Balaban J connectivity index is 1.45. The number of pyridine rings is 1. The first-order chi connectivity index (χ1) is 13.2. The van der Waals surface area contributed by atoms with Crippen LogP contribution in [0.25, 0.3) is 0 Å². The molecule has 1 fully saturated rings. The van der Waals surface area contributed by atoms with Gasteiger partial charge in [0.25, 0.3) is 0 Å². The van der Waals surface area contributed by atoms with Crippen LogP contribution in [0.1, 0.15) is 34.2 Å². The third kappa shape index (κ3) is 4.43. The van der Waals surface area contributed by atoms with E-state index in [0.717, 1.165) is 44.0 Å². The van der Waals surface area contributed by atoms with Crippen molar-refractivity contribution in [3.63, 3.8) is 0 Å². The third-order valence-electron chi connectivity index (χ3n) is 5.11. The van der Waals surface area contributed by atoms with Crippen molar-refractivity contribution >= 4 is 0 Å². The number of rotatable bonds is 5. The number of morpholine rings is 1. The number of benzene rings is 1. The van der Waals surface area contributed by atoms with Crippen molar-refractivity contribution < 1.29 is 4.74 Å². The second kappa shape index (κ2) is 8.03. The molecule has 1 aliphatic heterocycles. The molecule has 3 aromatic rings. The fourth-order valence-corrected chi connectivity index (χ4v) is 3.62. The molecule has 0 unspecified atom stereocenters. The van der Waals surface area contributed by atoms with Crippen LogP contribution in [0.15, 0.2) is 54.9 Å². The minimum Gasteiger partial charge on any atom is -0.369 e. The molecule has 1 aromatic carbocycles. The highest BCUT2D eigenvalue weighted by molar-refractivity contribution is 5.30. The summed E-state index contributed by atoms with van der Waals surface area (Å²) in [7, 11) is 1.95. The van der Waals surface area contributed by atoms with E-state index in [1.54, 1.807) is 0 Å². The first-order valence-corrected chi connectivity index (χ1v) is 9.49. The predicted molar refractivity (Wildman–Crippen MR) is 105 cm³/mol. The molecule has 1 saturated heterocycles. The molecule has 5 heteroatoms. The standard InChI is InChI=1S/C22H26N4O/c1-17-6-3-4-7-19(17)12-20-8-5-9-21(24-20)22-16-26(10-11-27-22)15-18-13-23-25(2)14-18/h3-9,13-14,22H,10-12,15-16H2,1-2H3/t22-/m1/s1. The third-order valence-corrected chi connectivity index (χ3v) is 5.11. The summed E-state index contributed by atoms with van der Waals surface area (Å²) in [5.74, 6) is 0. The molecular formula is C22H26N4O. The van der Waals surface area contributed by atoms with E-state index in [9.17, 15) is 0 Å². The van der Waals surface area contributed by atoms with E-state index in [0.29, 0.717) is 0 Å². The van der Waals surface area contributed by atoms with Crippen molar-refractivity contribution in [2.75, 3.05) is 19.7 Å². The van der Waals surface area contributed by atoms with Gasteiger partial charge in [-0.15, -0.1) is 0 Å². The van der Waals surface area contributed by atoms with Gasteiger partial charge in [0.2, 0.25) is 0 Å². The number of hydrogen-bond acceptors (Lipinski definition) is 4. The molecule has 0 aliphatic carbocycles. The van der Waals surface area contributed by atoms with Gasteiger partial charge in [-0.1, -0.05) is 30.3 Å². The first kappa shape index (κ1) is 17.9. The number of nitrogens with zero attached hydrogens (tertiary/aromatic N) is 4. The quantitative estimate of drug-likeness (QED) is 0.699. The molecular weight excluding hydrogens is 336 g/mol. The summed E-state index contributed by atoms with van der Waals surface area (Å²) in [5.41, 5.74) is 5.98. The van der Waals surface area contributed by atoms with Gasteiger partial charge in [0.1, 0.15) is 6.10 Å². The van der Waals surface area contributed by atoms with Gasteiger partial charge < -0.3 is 4.74 Å². The van der Waals surface area contributed by atoms with Crippen LogP contribution in [-0.4, -0.2) is 39.4 Å². The van der Waals surface area contributed by atoms with Gasteiger partial charge in [-0.05, 0) is 30.2 Å². The summed E-state index contributed by atoms with van der Waals surface area (Å²) in [5, 5.41) is 4.26. The average Bonchev–Trinajstić information content (AvgIpc) is 3.09. The van der Waals surface area contributed by atoms with Crippen LogP contribution in [0.3, 0.4) is 0 Å². The van der Waals surface area contributed by atoms with Crippen molar-refractivity contribution in [1.82, 2.24) is 19.7 Å². The van der Waals surface area contributed by atoms with E-state index in [-0.39, 0.29) is 6.10 Å². The summed E-state index contributed by atoms with van der Waals surface area (Å²) in [6.45, 7) is 5.58. The summed E-state index contributed by atoms with van der Waals surface area (Å²) in [6, 6.07) is 14.8. The minimum absolute atomic E-state index is 0.0206. The summed E-state index contributed by atoms with van der Waals surface area (Å²) in [4.78, 5) is 7.33. The number of aryl methyl sites for hydroxylation is 2. The minimum atomic E-state index is 0.0206. The van der Waals surface area contributed by atoms with Gasteiger partial charge in [0.05, 0.1) is 18.5 Å². The van der Waals surface area contributed by atoms with E-state index in [2.05, 4.69) is 65.6 Å². The molecule has 3 heterocycles. The van der Waals surface area contributed by atoms with Crippen molar-refractivity contribution in [3.05, 3.63) is 82.9 Å². The highest BCUT2D eigenvalue weighted by atomic mass is 16.5. The Morgan fingerprint density at radius 1 is 1.15 bits per heavy atom. The molecule has 0 amide bonds. The second-order valence-corrected chi connectivity index (χ2v) is 7.27. The maximum atomic E-state index is 6.04. The molecule has 140 valence electrons. The van der Waals surface area contributed by atoms with Crippen LogP contribution in [0.5, 0.6) is 0 Å². The van der Waals surface area contributed by atoms with Crippen molar-refractivity contribution in [3.8, 4) is 0 Å². The average molecular weight is 362 g/mol. The van der Waals surface area contributed by atoms with Crippen LogP contribution in [0, 0.1) is 6.92 Å². The number of ether oxygens (including phenoxy) is 1. The molecule has 0 saturated carbocycles. The lowest BCUT2D eigenvalue weighted by molar-refractivity contribution is -0.0350. The molecule has 0 bridgehead atoms. The predicted octanol–water partition coefficient (Wildman–Crippen LogP) is 3.29. The summed E-state index contributed by atoms with van der Waals surface area (Å²) in [6.07, 6.45) is 4.89. The van der Waals surface area contributed by atoms with Gasteiger partial charge in [-0.25, -0.2) is 0 Å². The fraction of sp³-hybridized carbons (Fsp3) is 0.364. The van der Waals surface area contributed by atoms with E-state index < -0.39 is 0 Å². The van der Waals surface area contributed by atoms with E-state index in [4.69, 9.17) is 9.72 Å². The Morgan fingerprint density at radius 3 is 2.85 bits per heavy atom. The van der Waals surface area contributed by atoms with Crippen LogP contribution in [0.4, 0.5) is 0 Å². The number of aromatic nitrogens is 3. The van der Waals surface area contributed by atoms with Gasteiger partial charge in [-0.2, -0.15) is 5.10 Å². The zero-order valence-electron chi connectivity index (χ0n) is 16.0. The maximum Gasteiger partial charge on any atom is 0.112 e. The Morgan fingerprint density at radius 2 is 2.04 bits per heavy atom. The molecule has 2 aromatic heterocycles. The highest BCUT2D eigenvalue weighted by Crippen LogP contribution is 2.23. The fourth-order valence-electron chi connectivity index (χ4n) is 3.62. The Labute approximate surface area is 160 Å². The molecule has 5 nitrogen and oxygen atoms in total. The van der Waals surface area contributed by atoms with Gasteiger partial charge in [0, 0.05) is 50.6 Å². The molecule has 1 aliphatic rings. The Kier molecular flexibility index (Phi) is 5.32. The van der Waals surface area contributed by atoms with Crippen molar-refractivity contribution in [1.29, 1.82) is 0 Å². The highest BCUT2D eigenvalue weighted by Gasteiger charge is 2.23. The molecule has 0 spiro atoms.